The monoisotopic (exact) mass is 411 g/mol. The largest absolute Gasteiger partial charge is 0.341 e. The molecule has 2 aromatic rings. The lowest BCUT2D eigenvalue weighted by atomic mass is 10.1. The van der Waals surface area contributed by atoms with Crippen molar-refractivity contribution in [3.63, 3.8) is 0 Å². The van der Waals surface area contributed by atoms with Crippen LogP contribution >= 0.6 is 23.2 Å². The molecule has 2 aromatic carbocycles. The third-order valence-electron chi connectivity index (χ3n) is 4.61. The fraction of sp³-hybridized carbons (Fsp3) is 0.316. The van der Waals surface area contributed by atoms with Crippen molar-refractivity contribution < 1.29 is 13.2 Å². The van der Waals surface area contributed by atoms with Crippen LogP contribution in [0, 0.1) is 0 Å². The molecule has 3 rings (SSSR count). The number of nitrogens with zero attached hydrogens (tertiary/aromatic N) is 1. The Kier molecular flexibility index (Phi) is 5.90. The Morgan fingerprint density at radius 1 is 1.04 bits per heavy atom. The third kappa shape index (κ3) is 4.40. The van der Waals surface area contributed by atoms with Crippen molar-refractivity contribution in [1.29, 1.82) is 0 Å². The molecule has 1 atom stereocenters. The Hall–Kier alpha value is -1.56. The van der Waals surface area contributed by atoms with E-state index in [0.717, 1.165) is 5.56 Å². The second kappa shape index (κ2) is 7.99. The highest BCUT2D eigenvalue weighted by molar-refractivity contribution is 7.91. The van der Waals surface area contributed by atoms with Crippen LogP contribution in [0.25, 0.3) is 0 Å². The Morgan fingerprint density at radius 3 is 2.42 bits per heavy atom. The topological polar surface area (TPSA) is 54.5 Å². The zero-order valence-corrected chi connectivity index (χ0v) is 16.4. The number of rotatable bonds is 3. The maximum Gasteiger partial charge on any atom is 0.227 e. The van der Waals surface area contributed by atoms with Crippen LogP contribution in [0.1, 0.15) is 22.8 Å². The molecule has 0 aromatic heterocycles. The molecule has 4 nitrogen and oxygen atoms in total. The minimum Gasteiger partial charge on any atom is -0.341 e. The van der Waals surface area contributed by atoms with Gasteiger partial charge in [0.1, 0.15) is 0 Å². The van der Waals surface area contributed by atoms with Crippen molar-refractivity contribution in [3.05, 3.63) is 69.7 Å². The van der Waals surface area contributed by atoms with Gasteiger partial charge < -0.3 is 4.90 Å². The lowest BCUT2D eigenvalue weighted by Crippen LogP contribution is -2.34. The number of hydrogen-bond donors (Lipinski definition) is 0. The average Bonchev–Trinajstić information content (AvgIpc) is 2.76. The second-order valence-electron chi connectivity index (χ2n) is 6.35. The molecule has 1 amide bonds. The van der Waals surface area contributed by atoms with E-state index in [0.29, 0.717) is 28.6 Å². The molecular formula is C19H19Cl2NO3S. The van der Waals surface area contributed by atoms with E-state index in [1.54, 1.807) is 53.4 Å². The number of halogens is 2. The lowest BCUT2D eigenvalue weighted by molar-refractivity contribution is -0.130. The third-order valence-corrected chi connectivity index (χ3v) is 7.32. The highest BCUT2D eigenvalue weighted by atomic mass is 35.5. The summed E-state index contributed by atoms with van der Waals surface area (Å²) in [5, 5.41) is 0.385. The number of carbonyl (C=O) groups excluding carboxylic acids is 1. The van der Waals surface area contributed by atoms with Gasteiger partial charge in [0, 0.05) is 23.1 Å². The van der Waals surface area contributed by atoms with Crippen molar-refractivity contribution in [2.45, 2.75) is 18.1 Å². The Labute approximate surface area is 163 Å². The second-order valence-corrected chi connectivity index (χ2v) is 9.50. The predicted octanol–water partition coefficient (Wildman–Crippen LogP) is 3.92. The van der Waals surface area contributed by atoms with Crippen LogP contribution in [0.3, 0.4) is 0 Å². The van der Waals surface area contributed by atoms with Crippen molar-refractivity contribution in [2.75, 3.05) is 18.8 Å². The van der Waals surface area contributed by atoms with Gasteiger partial charge in [-0.3, -0.25) is 4.79 Å². The van der Waals surface area contributed by atoms with E-state index < -0.39 is 15.1 Å². The summed E-state index contributed by atoms with van der Waals surface area (Å²) in [5.41, 5.74) is 1.47. The predicted molar refractivity (Wildman–Crippen MR) is 104 cm³/mol. The number of amides is 1. The van der Waals surface area contributed by atoms with Gasteiger partial charge in [0.05, 0.1) is 17.4 Å². The molecule has 7 heteroatoms. The van der Waals surface area contributed by atoms with Crippen molar-refractivity contribution in [1.82, 2.24) is 4.90 Å². The Bertz CT molecular complexity index is 897. The van der Waals surface area contributed by atoms with Crippen molar-refractivity contribution in [3.8, 4) is 0 Å². The number of sulfone groups is 1. The van der Waals surface area contributed by atoms with Crippen LogP contribution in [0.4, 0.5) is 0 Å². The molecule has 1 unspecified atom stereocenters. The fourth-order valence-corrected chi connectivity index (χ4v) is 5.44. The van der Waals surface area contributed by atoms with Crippen molar-refractivity contribution >= 4 is 38.9 Å². The molecule has 1 saturated heterocycles. The van der Waals surface area contributed by atoms with Crippen LogP contribution < -0.4 is 0 Å². The summed E-state index contributed by atoms with van der Waals surface area (Å²) < 4.78 is 25.4. The summed E-state index contributed by atoms with van der Waals surface area (Å²) in [4.78, 5) is 14.2. The highest BCUT2D eigenvalue weighted by Crippen LogP contribution is 2.33. The van der Waals surface area contributed by atoms with Gasteiger partial charge in [-0.1, -0.05) is 53.5 Å². The summed E-state index contributed by atoms with van der Waals surface area (Å²) in [6, 6.07) is 14.1. The summed E-state index contributed by atoms with van der Waals surface area (Å²) in [6.45, 7) is 0.594. The quantitative estimate of drug-likeness (QED) is 0.768. The first-order valence-corrected chi connectivity index (χ1v) is 10.8. The smallest absolute Gasteiger partial charge is 0.227 e. The van der Waals surface area contributed by atoms with E-state index in [1.807, 2.05) is 0 Å². The fourth-order valence-electron chi connectivity index (χ4n) is 3.17. The van der Waals surface area contributed by atoms with Gasteiger partial charge in [0.15, 0.2) is 9.84 Å². The Morgan fingerprint density at radius 2 is 1.73 bits per heavy atom. The van der Waals surface area contributed by atoms with Gasteiger partial charge in [-0.25, -0.2) is 8.42 Å². The van der Waals surface area contributed by atoms with Crippen LogP contribution in [0.5, 0.6) is 0 Å². The first-order valence-electron chi connectivity index (χ1n) is 8.35. The van der Waals surface area contributed by atoms with Crippen molar-refractivity contribution in [2.24, 2.45) is 0 Å². The van der Waals surface area contributed by atoms with Gasteiger partial charge in [-0.15, -0.1) is 0 Å². The molecule has 1 heterocycles. The Balaban J connectivity index is 1.75. The molecule has 138 valence electrons. The zero-order chi connectivity index (χ0) is 18.7. The van der Waals surface area contributed by atoms with E-state index in [1.165, 1.54) is 0 Å². The molecule has 26 heavy (non-hydrogen) atoms. The summed E-state index contributed by atoms with van der Waals surface area (Å²) in [6.07, 6.45) is 0.576. The average molecular weight is 412 g/mol. The first-order chi connectivity index (χ1) is 12.4. The maximum absolute atomic E-state index is 12.7. The first kappa shape index (κ1) is 19.2. The molecule has 1 aliphatic heterocycles. The molecule has 0 saturated carbocycles. The number of hydrogen-bond acceptors (Lipinski definition) is 3. The van der Waals surface area contributed by atoms with Gasteiger partial charge in [0.2, 0.25) is 5.91 Å². The molecular weight excluding hydrogens is 393 g/mol. The number of benzene rings is 2. The van der Waals surface area contributed by atoms with Crippen LogP contribution in [-0.2, 0) is 21.1 Å². The summed E-state index contributed by atoms with van der Waals surface area (Å²) in [7, 11) is -3.38. The van der Waals surface area contributed by atoms with Gasteiger partial charge in [-0.2, -0.15) is 0 Å². The summed E-state index contributed by atoms with van der Waals surface area (Å²) >= 11 is 12.1. The maximum atomic E-state index is 12.7. The lowest BCUT2D eigenvalue weighted by Gasteiger charge is -2.20. The van der Waals surface area contributed by atoms with E-state index in [2.05, 4.69) is 0 Å². The van der Waals surface area contributed by atoms with Gasteiger partial charge in [0.25, 0.3) is 0 Å². The molecule has 1 aliphatic rings. The minimum atomic E-state index is -3.38. The molecule has 0 bridgehead atoms. The van der Waals surface area contributed by atoms with E-state index in [-0.39, 0.29) is 24.6 Å². The molecule has 0 aliphatic carbocycles. The van der Waals surface area contributed by atoms with Crippen LogP contribution in [0.15, 0.2) is 48.5 Å². The van der Waals surface area contributed by atoms with Crippen LogP contribution in [0.2, 0.25) is 10.0 Å². The normalized spacial score (nSPS) is 19.8. The molecule has 0 spiro atoms. The zero-order valence-electron chi connectivity index (χ0n) is 14.1. The molecule has 0 N–H and O–H groups in total. The highest BCUT2D eigenvalue weighted by Gasteiger charge is 2.33. The van der Waals surface area contributed by atoms with E-state index >= 15 is 0 Å². The SMILES string of the molecule is O=C(Cc1ccc(Cl)cc1)N1CCC(c2ccccc2Cl)S(=O)(=O)CC1. The summed E-state index contributed by atoms with van der Waals surface area (Å²) in [5.74, 6) is -0.141. The van der Waals surface area contributed by atoms with Gasteiger partial charge in [-0.05, 0) is 35.7 Å². The van der Waals surface area contributed by atoms with E-state index in [9.17, 15) is 13.2 Å². The van der Waals surface area contributed by atoms with E-state index in [4.69, 9.17) is 23.2 Å². The minimum absolute atomic E-state index is 0.0603. The molecule has 0 radical (unpaired) electrons. The standard InChI is InChI=1S/C19H19Cl2NO3S/c20-15-7-5-14(6-8-15)13-19(23)22-10-9-18(26(24,25)12-11-22)16-3-1-2-4-17(16)21/h1-8,18H,9-13H2. The van der Waals surface area contributed by atoms with Gasteiger partial charge >= 0.3 is 0 Å². The van der Waals surface area contributed by atoms with Crippen LogP contribution in [-0.4, -0.2) is 38.1 Å². The molecule has 1 fully saturated rings. The number of carbonyl (C=O) groups is 1.